The van der Waals surface area contributed by atoms with Crippen molar-refractivity contribution in [1.82, 2.24) is 14.7 Å². The summed E-state index contributed by atoms with van der Waals surface area (Å²) < 4.78 is 12.9. The molecule has 5 fully saturated rings. The van der Waals surface area contributed by atoms with Crippen molar-refractivity contribution >= 4 is 5.91 Å². The Labute approximate surface area is 225 Å². The highest BCUT2D eigenvalue weighted by molar-refractivity contribution is 5.89. The zero-order valence-corrected chi connectivity index (χ0v) is 22.9. The third-order valence-electron chi connectivity index (χ3n) is 11.8. The van der Waals surface area contributed by atoms with E-state index >= 15 is 0 Å². The molecule has 2 bridgehead atoms. The zero-order valence-electron chi connectivity index (χ0n) is 22.9. The number of rotatable bonds is 4. The van der Waals surface area contributed by atoms with Crippen molar-refractivity contribution in [3.63, 3.8) is 0 Å². The number of fused-ring (bicyclic) bond motifs is 1. The molecule has 7 heteroatoms. The van der Waals surface area contributed by atoms with Gasteiger partial charge in [-0.25, -0.2) is 0 Å². The molecule has 4 aliphatic carbocycles. The van der Waals surface area contributed by atoms with Gasteiger partial charge in [0.2, 0.25) is 5.91 Å². The van der Waals surface area contributed by atoms with Crippen molar-refractivity contribution in [1.29, 1.82) is 0 Å². The molecule has 0 radical (unpaired) electrons. The van der Waals surface area contributed by atoms with Crippen LogP contribution in [0.25, 0.3) is 0 Å². The smallest absolute Gasteiger partial charge is 0.246 e. The number of methoxy groups -OCH3 is 1. The van der Waals surface area contributed by atoms with E-state index in [1.807, 2.05) is 11.0 Å². The van der Waals surface area contributed by atoms with E-state index in [1.165, 1.54) is 29.5 Å². The normalized spacial score (nSPS) is 40.6. The van der Waals surface area contributed by atoms with Gasteiger partial charge in [-0.2, -0.15) is 0 Å². The maximum Gasteiger partial charge on any atom is 0.246 e. The van der Waals surface area contributed by atoms with Crippen LogP contribution in [0.1, 0.15) is 56.1 Å². The van der Waals surface area contributed by atoms with Gasteiger partial charge >= 0.3 is 0 Å². The topological polar surface area (TPSA) is 65.5 Å². The summed E-state index contributed by atoms with van der Waals surface area (Å²) in [5, 5.41) is 12.9. The molecule has 2 saturated heterocycles. The molecule has 7 nitrogen and oxygen atoms in total. The van der Waals surface area contributed by atoms with Gasteiger partial charge in [0.1, 0.15) is 6.10 Å². The lowest BCUT2D eigenvalue weighted by atomic mass is 9.40. The van der Waals surface area contributed by atoms with E-state index in [4.69, 9.17) is 9.47 Å². The van der Waals surface area contributed by atoms with E-state index in [2.05, 4.69) is 29.0 Å². The monoisotopic (exact) mass is 519 g/mol. The Morgan fingerprint density at radius 3 is 2.66 bits per heavy atom. The molecule has 38 heavy (non-hydrogen) atoms. The maximum atomic E-state index is 13.4. The minimum atomic E-state index is -0.817. The Hall–Kier alpha value is -2.09. The summed E-state index contributed by atoms with van der Waals surface area (Å²) in [6, 6.07) is 4.43. The molecule has 204 valence electrons. The van der Waals surface area contributed by atoms with Crippen LogP contribution in [0.2, 0.25) is 0 Å². The van der Waals surface area contributed by atoms with Gasteiger partial charge in [0, 0.05) is 55.8 Å². The summed E-state index contributed by atoms with van der Waals surface area (Å²) in [7, 11) is 3.84. The number of likely N-dealkylation sites (N-methyl/N-ethyl adjacent to an activating group) is 1. The highest BCUT2D eigenvalue weighted by Crippen LogP contribution is 2.73. The summed E-state index contributed by atoms with van der Waals surface area (Å²) in [6.45, 7) is 5.56. The van der Waals surface area contributed by atoms with Crippen LogP contribution in [0.3, 0.4) is 0 Å². The number of hydrogen-bond acceptors (Lipinski definition) is 6. The van der Waals surface area contributed by atoms with E-state index in [1.54, 1.807) is 7.11 Å². The van der Waals surface area contributed by atoms with Crippen LogP contribution in [0.15, 0.2) is 23.8 Å². The number of hydrogen-bond donors (Lipinski definition) is 1. The summed E-state index contributed by atoms with van der Waals surface area (Å²) >= 11 is 0. The van der Waals surface area contributed by atoms with Crippen LogP contribution in [-0.2, 0) is 16.6 Å². The quantitative estimate of drug-likeness (QED) is 0.618. The van der Waals surface area contributed by atoms with Gasteiger partial charge in [0.15, 0.2) is 11.5 Å². The first-order valence-electron chi connectivity index (χ1n) is 14.9. The highest BCUT2D eigenvalue weighted by atomic mass is 16.5. The molecule has 1 N–H and O–H groups in total. The van der Waals surface area contributed by atoms with Gasteiger partial charge in [-0.1, -0.05) is 11.6 Å². The van der Waals surface area contributed by atoms with Crippen LogP contribution >= 0.6 is 0 Å². The van der Waals surface area contributed by atoms with Crippen molar-refractivity contribution in [2.75, 3.05) is 53.4 Å². The SMILES string of the molecule is COc1ccc2c3c1O[C@H]1[C@@]4(CC/C4=C\C(=O)N4CCN(C)CC4)CC[C@@]4(O)[C@@H](C2)N(CC2CC2)CC[C@]314. The Kier molecular flexibility index (Phi) is 4.99. The molecule has 3 heterocycles. The number of benzene rings is 1. The average Bonchev–Trinajstić information content (AvgIpc) is 3.65. The number of likely N-dealkylation sites (tertiary alicyclic amines) is 1. The lowest BCUT2D eigenvalue weighted by Gasteiger charge is -2.68. The molecule has 0 unspecified atom stereocenters. The van der Waals surface area contributed by atoms with E-state index in [0.29, 0.717) is 0 Å². The van der Waals surface area contributed by atoms with Crippen LogP contribution in [0.5, 0.6) is 11.5 Å². The second kappa shape index (κ2) is 7.98. The number of amides is 1. The first-order chi connectivity index (χ1) is 18.4. The largest absolute Gasteiger partial charge is 0.493 e. The molecule has 0 aromatic heterocycles. The second-order valence-electron chi connectivity index (χ2n) is 13.4. The number of aliphatic hydroxyl groups is 1. The molecule has 3 saturated carbocycles. The molecule has 5 atom stereocenters. The van der Waals surface area contributed by atoms with Crippen LogP contribution < -0.4 is 9.47 Å². The van der Waals surface area contributed by atoms with Gasteiger partial charge < -0.3 is 24.4 Å². The fraction of sp³-hybridized carbons (Fsp3) is 0.710. The average molecular weight is 520 g/mol. The predicted octanol–water partition coefficient (Wildman–Crippen LogP) is 2.74. The Morgan fingerprint density at radius 2 is 1.95 bits per heavy atom. The molecular weight excluding hydrogens is 478 g/mol. The Morgan fingerprint density at radius 1 is 1.13 bits per heavy atom. The number of carbonyl (C=O) groups is 1. The molecule has 8 rings (SSSR count). The molecule has 7 aliphatic rings. The lowest BCUT2D eigenvalue weighted by molar-refractivity contribution is -0.218. The molecular formula is C31H41N3O4. The number of piperazine rings is 1. The van der Waals surface area contributed by atoms with Crippen molar-refractivity contribution in [3.05, 3.63) is 34.9 Å². The fourth-order valence-electron chi connectivity index (χ4n) is 9.42. The number of ether oxygens (including phenoxy) is 2. The molecule has 2 spiro atoms. The minimum absolute atomic E-state index is 0.131. The highest BCUT2D eigenvalue weighted by Gasteiger charge is 2.77. The third kappa shape index (κ3) is 2.93. The van der Waals surface area contributed by atoms with Crippen molar-refractivity contribution in [2.45, 2.75) is 74.5 Å². The fourth-order valence-corrected chi connectivity index (χ4v) is 9.42. The van der Waals surface area contributed by atoms with Crippen molar-refractivity contribution in [3.8, 4) is 11.5 Å². The standard InChI is InChI=1S/C31H41N3O4/c1-32-13-15-33(16-14-32)25(35)18-22-7-8-29(22)9-10-31(36)24-17-21-5-6-23(37-2)27-26(21)30(31,28(29)38-27)11-12-34(24)19-20-3-4-20/h5-6,18,20,24,28,36H,3-4,7-17,19H2,1-2H3/b22-18+/t24-,28+,29+,30+,31-/m1/s1. The van der Waals surface area contributed by atoms with Gasteiger partial charge in [-0.3, -0.25) is 9.69 Å². The third-order valence-corrected chi connectivity index (χ3v) is 11.8. The van der Waals surface area contributed by atoms with Crippen LogP contribution in [-0.4, -0.2) is 96.9 Å². The summed E-state index contributed by atoms with van der Waals surface area (Å²) in [4.78, 5) is 20.3. The van der Waals surface area contributed by atoms with Crippen LogP contribution in [0.4, 0.5) is 0 Å². The van der Waals surface area contributed by atoms with Gasteiger partial charge in [-0.15, -0.1) is 0 Å². The minimum Gasteiger partial charge on any atom is -0.493 e. The Balaban J connectivity index is 1.21. The van der Waals surface area contributed by atoms with E-state index in [9.17, 15) is 9.90 Å². The summed E-state index contributed by atoms with van der Waals surface area (Å²) in [6.07, 6.45) is 9.89. The first-order valence-corrected chi connectivity index (χ1v) is 14.9. The maximum absolute atomic E-state index is 13.4. The first kappa shape index (κ1) is 23.8. The van der Waals surface area contributed by atoms with Crippen molar-refractivity contribution in [2.24, 2.45) is 11.3 Å². The van der Waals surface area contributed by atoms with Gasteiger partial charge in [-0.05, 0) is 82.5 Å². The number of nitrogens with zero attached hydrogens (tertiary/aromatic N) is 3. The Bertz CT molecular complexity index is 1220. The van der Waals surface area contributed by atoms with E-state index in [0.717, 1.165) is 95.2 Å². The number of piperidine rings is 1. The van der Waals surface area contributed by atoms with Gasteiger partial charge in [0.25, 0.3) is 0 Å². The molecule has 3 aliphatic heterocycles. The van der Waals surface area contributed by atoms with Crippen molar-refractivity contribution < 1.29 is 19.4 Å². The number of carbonyl (C=O) groups excluding carboxylic acids is 1. The van der Waals surface area contributed by atoms with E-state index in [-0.39, 0.29) is 23.5 Å². The predicted molar refractivity (Wildman–Crippen MR) is 144 cm³/mol. The lowest BCUT2D eigenvalue weighted by Crippen LogP contribution is -2.78. The molecule has 1 aromatic rings. The summed E-state index contributed by atoms with van der Waals surface area (Å²) in [5.41, 5.74) is 2.36. The van der Waals surface area contributed by atoms with Crippen LogP contribution in [0, 0.1) is 11.3 Å². The van der Waals surface area contributed by atoms with Gasteiger partial charge in [0.05, 0.1) is 18.1 Å². The molecule has 1 amide bonds. The molecule has 1 aromatic carbocycles. The summed E-state index contributed by atoms with van der Waals surface area (Å²) in [5.74, 6) is 2.59. The second-order valence-corrected chi connectivity index (χ2v) is 13.4. The zero-order chi connectivity index (χ0) is 25.9. The van der Waals surface area contributed by atoms with E-state index < -0.39 is 11.0 Å².